The minimum atomic E-state index is 0. The summed E-state index contributed by atoms with van der Waals surface area (Å²) in [5, 5.41) is 7.91. The largest absolute Gasteiger partial charge is 0.412 e. The molecule has 0 saturated carbocycles. The van der Waals surface area contributed by atoms with Gasteiger partial charge in [0, 0.05) is 5.39 Å². The van der Waals surface area contributed by atoms with Gasteiger partial charge in [-0.1, -0.05) is 18.2 Å². The number of H-pyrrole nitrogens is 1. The summed E-state index contributed by atoms with van der Waals surface area (Å²) < 4.78 is 0. The average Bonchev–Trinajstić information content (AvgIpc) is 2.33. The maximum absolute atomic E-state index is 3.88. The van der Waals surface area contributed by atoms with Crippen molar-refractivity contribution in [2.24, 2.45) is 0 Å². The van der Waals surface area contributed by atoms with Crippen LogP contribution in [-0.2, 0) is 0 Å². The predicted molar refractivity (Wildman–Crippen MR) is 47.0 cm³/mol. The van der Waals surface area contributed by atoms with Gasteiger partial charge in [-0.15, -0.1) is 12.4 Å². The van der Waals surface area contributed by atoms with E-state index in [1.807, 2.05) is 30.5 Å². The molecule has 3 N–H and O–H groups in total. The molecule has 0 saturated heterocycles. The van der Waals surface area contributed by atoms with Gasteiger partial charge in [-0.25, -0.2) is 0 Å². The average molecular weight is 173 g/mol. The number of benzene rings is 1. The fraction of sp³-hybridized carbons (Fsp3) is 0. The van der Waals surface area contributed by atoms with Crippen molar-refractivity contribution >= 4 is 23.3 Å². The smallest absolute Gasteiger partial charge is 0.0650 e. The fourth-order valence-corrected chi connectivity index (χ4v) is 0.883. The molecular formula is C7H9ClN2O. The summed E-state index contributed by atoms with van der Waals surface area (Å²) >= 11 is 0. The molecular weight excluding hydrogens is 164 g/mol. The Bertz CT molecular complexity index is 290. The minimum Gasteiger partial charge on any atom is -0.412 e. The Kier molecular flexibility index (Phi) is 3.57. The molecule has 1 aromatic heterocycles. The van der Waals surface area contributed by atoms with Crippen LogP contribution in [0.5, 0.6) is 0 Å². The monoisotopic (exact) mass is 172 g/mol. The highest BCUT2D eigenvalue weighted by molar-refractivity contribution is 5.85. The molecule has 2 rings (SSSR count). The van der Waals surface area contributed by atoms with Crippen LogP contribution in [0.1, 0.15) is 0 Å². The molecule has 0 amide bonds. The molecule has 0 atom stereocenters. The van der Waals surface area contributed by atoms with Gasteiger partial charge in [-0.05, 0) is 6.07 Å². The molecule has 2 aromatic rings. The van der Waals surface area contributed by atoms with Gasteiger partial charge in [0.15, 0.2) is 0 Å². The lowest BCUT2D eigenvalue weighted by atomic mass is 10.3. The van der Waals surface area contributed by atoms with Crippen molar-refractivity contribution in [2.45, 2.75) is 0 Å². The lowest BCUT2D eigenvalue weighted by Crippen LogP contribution is -1.63. The van der Waals surface area contributed by atoms with E-state index in [0.29, 0.717) is 0 Å². The van der Waals surface area contributed by atoms with E-state index in [0.717, 1.165) is 10.9 Å². The van der Waals surface area contributed by atoms with Crippen molar-refractivity contribution < 1.29 is 5.48 Å². The van der Waals surface area contributed by atoms with Crippen LogP contribution < -0.4 is 0 Å². The Hall–Kier alpha value is -1.06. The zero-order valence-electron chi connectivity index (χ0n) is 5.74. The highest BCUT2D eigenvalue weighted by Gasteiger charge is 1.88. The Morgan fingerprint density at radius 3 is 2.64 bits per heavy atom. The summed E-state index contributed by atoms with van der Waals surface area (Å²) in [6.45, 7) is 0. The van der Waals surface area contributed by atoms with Gasteiger partial charge < -0.3 is 5.48 Å². The number of aromatic nitrogens is 2. The van der Waals surface area contributed by atoms with Crippen molar-refractivity contribution in [3.63, 3.8) is 0 Å². The first-order chi connectivity index (χ1) is 4.47. The molecule has 0 aliphatic heterocycles. The number of hydrogen-bond acceptors (Lipinski definition) is 1. The molecule has 4 heteroatoms. The minimum absolute atomic E-state index is 0. The van der Waals surface area contributed by atoms with E-state index >= 15 is 0 Å². The highest BCUT2D eigenvalue weighted by Crippen LogP contribution is 2.06. The summed E-state index contributed by atoms with van der Waals surface area (Å²) in [6.07, 6.45) is 1.81. The van der Waals surface area contributed by atoms with Crippen LogP contribution >= 0.6 is 12.4 Å². The lowest BCUT2D eigenvalue weighted by Gasteiger charge is -1.81. The highest BCUT2D eigenvalue weighted by atomic mass is 35.5. The summed E-state index contributed by atoms with van der Waals surface area (Å²) in [5.74, 6) is 0. The summed E-state index contributed by atoms with van der Waals surface area (Å²) in [6, 6.07) is 8.01. The van der Waals surface area contributed by atoms with Crippen molar-refractivity contribution in [3.8, 4) is 0 Å². The van der Waals surface area contributed by atoms with Crippen molar-refractivity contribution in [3.05, 3.63) is 30.5 Å². The zero-order chi connectivity index (χ0) is 6.10. The number of nitrogens with zero attached hydrogens (tertiary/aromatic N) is 1. The maximum atomic E-state index is 3.88. The Morgan fingerprint density at radius 2 is 1.91 bits per heavy atom. The van der Waals surface area contributed by atoms with E-state index < -0.39 is 0 Å². The number of aromatic amines is 1. The summed E-state index contributed by atoms with van der Waals surface area (Å²) in [4.78, 5) is 0. The molecule has 0 unspecified atom stereocenters. The van der Waals surface area contributed by atoms with Gasteiger partial charge >= 0.3 is 0 Å². The molecule has 0 bridgehead atoms. The van der Waals surface area contributed by atoms with Gasteiger partial charge in [0.05, 0.1) is 11.7 Å². The molecule has 0 radical (unpaired) electrons. The van der Waals surface area contributed by atoms with Gasteiger partial charge in [0.2, 0.25) is 0 Å². The van der Waals surface area contributed by atoms with E-state index in [9.17, 15) is 0 Å². The molecule has 11 heavy (non-hydrogen) atoms. The number of fused-ring (bicyclic) bond motifs is 1. The molecule has 0 aliphatic rings. The van der Waals surface area contributed by atoms with E-state index in [4.69, 9.17) is 0 Å². The standard InChI is InChI=1S/C7H6N2.ClH.H2O/c1-2-4-7-6(3-1)5-8-9-7;;/h1-5H,(H,8,9);1H;1H2. The van der Waals surface area contributed by atoms with Crippen LogP contribution in [0.3, 0.4) is 0 Å². The van der Waals surface area contributed by atoms with Crippen molar-refractivity contribution in [1.82, 2.24) is 10.2 Å². The number of halogens is 1. The predicted octanol–water partition coefficient (Wildman–Crippen LogP) is 1.16. The third-order valence-electron chi connectivity index (χ3n) is 1.35. The quantitative estimate of drug-likeness (QED) is 0.637. The van der Waals surface area contributed by atoms with Crippen LogP contribution in [0.4, 0.5) is 0 Å². The number of hydrogen-bond donors (Lipinski definition) is 1. The lowest BCUT2D eigenvalue weighted by molar-refractivity contribution is 0.824. The van der Waals surface area contributed by atoms with E-state index in [1.165, 1.54) is 0 Å². The second-order valence-corrected chi connectivity index (χ2v) is 1.96. The van der Waals surface area contributed by atoms with Crippen LogP contribution in [0, 0.1) is 0 Å². The van der Waals surface area contributed by atoms with E-state index in [-0.39, 0.29) is 17.9 Å². The molecule has 1 heterocycles. The normalized spacial score (nSPS) is 8.36. The number of rotatable bonds is 0. The number of para-hydroxylation sites is 1. The van der Waals surface area contributed by atoms with Crippen LogP contribution in [0.15, 0.2) is 30.5 Å². The molecule has 0 spiro atoms. The van der Waals surface area contributed by atoms with E-state index in [2.05, 4.69) is 10.2 Å². The SMILES string of the molecule is Cl.O.c1ccc2[nH]ncc2c1. The molecule has 0 aliphatic carbocycles. The zero-order valence-corrected chi connectivity index (χ0v) is 6.56. The van der Waals surface area contributed by atoms with E-state index in [1.54, 1.807) is 0 Å². The topological polar surface area (TPSA) is 60.2 Å². The van der Waals surface area contributed by atoms with Crippen LogP contribution in [0.2, 0.25) is 0 Å². The first kappa shape index (κ1) is 9.94. The molecule has 1 aromatic carbocycles. The van der Waals surface area contributed by atoms with Crippen LogP contribution in [-0.4, -0.2) is 15.7 Å². The molecule has 60 valence electrons. The summed E-state index contributed by atoms with van der Waals surface area (Å²) in [5.41, 5.74) is 1.09. The molecule has 0 fully saturated rings. The third kappa shape index (κ3) is 1.69. The summed E-state index contributed by atoms with van der Waals surface area (Å²) in [7, 11) is 0. The second-order valence-electron chi connectivity index (χ2n) is 1.96. The molecule has 3 nitrogen and oxygen atoms in total. The first-order valence-electron chi connectivity index (χ1n) is 2.85. The maximum Gasteiger partial charge on any atom is 0.0650 e. The first-order valence-corrected chi connectivity index (χ1v) is 2.85. The third-order valence-corrected chi connectivity index (χ3v) is 1.35. The second kappa shape index (κ2) is 3.95. The van der Waals surface area contributed by atoms with Crippen molar-refractivity contribution in [1.29, 1.82) is 0 Å². The van der Waals surface area contributed by atoms with Gasteiger partial charge in [0.1, 0.15) is 0 Å². The van der Waals surface area contributed by atoms with Gasteiger partial charge in [-0.3, -0.25) is 5.10 Å². The number of nitrogens with one attached hydrogen (secondary N) is 1. The Balaban J connectivity index is 0.000000500. The van der Waals surface area contributed by atoms with Gasteiger partial charge in [-0.2, -0.15) is 5.10 Å². The Labute approximate surface area is 70.1 Å². The fourth-order valence-electron chi connectivity index (χ4n) is 0.883. The Morgan fingerprint density at radius 1 is 1.18 bits per heavy atom. The van der Waals surface area contributed by atoms with Crippen molar-refractivity contribution in [2.75, 3.05) is 0 Å². The van der Waals surface area contributed by atoms with Crippen LogP contribution in [0.25, 0.3) is 10.9 Å². The van der Waals surface area contributed by atoms with Gasteiger partial charge in [0.25, 0.3) is 0 Å².